The zero-order chi connectivity index (χ0) is 24.5. The maximum Gasteiger partial charge on any atom is 0.303 e. The van der Waals surface area contributed by atoms with Gasteiger partial charge in [-0.2, -0.15) is 0 Å². The molecule has 1 aliphatic rings. The van der Waals surface area contributed by atoms with Gasteiger partial charge in [-0.25, -0.2) is 0 Å². The number of hydrogen-bond acceptors (Lipinski definition) is 10. The third kappa shape index (κ3) is 8.35. The van der Waals surface area contributed by atoms with E-state index < -0.39 is 54.5 Å². The van der Waals surface area contributed by atoms with Crippen molar-refractivity contribution in [3.05, 3.63) is 29.8 Å². The summed E-state index contributed by atoms with van der Waals surface area (Å²) in [5.41, 5.74) is 7.29. The molecule has 33 heavy (non-hydrogen) atoms. The Morgan fingerprint density at radius 2 is 1.55 bits per heavy atom. The van der Waals surface area contributed by atoms with Crippen molar-refractivity contribution < 1.29 is 42.9 Å². The van der Waals surface area contributed by atoms with Crippen molar-refractivity contribution in [3.63, 3.8) is 0 Å². The number of nitrogens with one attached hydrogen (secondary N) is 1. The lowest BCUT2D eigenvalue weighted by Crippen LogP contribution is -2.66. The average Bonchev–Trinajstić information content (AvgIpc) is 2.71. The van der Waals surface area contributed by atoms with Crippen LogP contribution in [0.1, 0.15) is 33.3 Å². The van der Waals surface area contributed by atoms with E-state index >= 15 is 0 Å². The predicted octanol–water partition coefficient (Wildman–Crippen LogP) is 0.484. The van der Waals surface area contributed by atoms with Gasteiger partial charge in [-0.05, 0) is 24.1 Å². The normalized spacial score (nSPS) is 24.4. The molecule has 2 rings (SSSR count). The largest absolute Gasteiger partial charge is 0.463 e. The van der Waals surface area contributed by atoms with E-state index in [0.717, 1.165) is 5.56 Å². The summed E-state index contributed by atoms with van der Waals surface area (Å²) in [6, 6.07) is 6.25. The second-order valence-electron chi connectivity index (χ2n) is 7.58. The highest BCUT2D eigenvalue weighted by Crippen LogP contribution is 2.28. The predicted molar refractivity (Wildman–Crippen MR) is 115 cm³/mol. The van der Waals surface area contributed by atoms with Crippen molar-refractivity contribution in [3.8, 4) is 0 Å². The minimum atomic E-state index is -1.15. The second-order valence-corrected chi connectivity index (χ2v) is 7.58. The first-order chi connectivity index (χ1) is 15.6. The van der Waals surface area contributed by atoms with Crippen LogP contribution in [0.3, 0.4) is 0 Å². The second kappa shape index (κ2) is 12.2. The van der Waals surface area contributed by atoms with Gasteiger partial charge in [-0.1, -0.05) is 12.1 Å². The summed E-state index contributed by atoms with van der Waals surface area (Å²) in [7, 11) is 0. The number of carbonyl (C=O) groups excluding carboxylic acids is 4. The van der Waals surface area contributed by atoms with Crippen LogP contribution in [0.25, 0.3) is 0 Å². The van der Waals surface area contributed by atoms with Crippen LogP contribution in [-0.4, -0.2) is 67.7 Å². The third-order valence-electron chi connectivity index (χ3n) is 4.72. The van der Waals surface area contributed by atoms with Gasteiger partial charge in [0.2, 0.25) is 5.91 Å². The molecule has 182 valence electrons. The lowest BCUT2D eigenvalue weighted by atomic mass is 9.96. The molecule has 5 atom stereocenters. The van der Waals surface area contributed by atoms with E-state index in [4.69, 9.17) is 29.4 Å². The van der Waals surface area contributed by atoms with Crippen LogP contribution in [0.5, 0.6) is 0 Å². The number of nitrogens with two attached hydrogens (primary N) is 1. The molecule has 0 bridgehead atoms. The highest BCUT2D eigenvalue weighted by molar-refractivity contribution is 5.73. The molecule has 1 heterocycles. The first kappa shape index (κ1) is 26.1. The van der Waals surface area contributed by atoms with Crippen LogP contribution in [0.2, 0.25) is 0 Å². The highest BCUT2D eigenvalue weighted by atomic mass is 16.7. The Labute approximate surface area is 191 Å². The van der Waals surface area contributed by atoms with Crippen LogP contribution in [-0.2, 0) is 49.3 Å². The molecule has 0 radical (unpaired) electrons. The first-order valence-corrected chi connectivity index (χ1v) is 10.4. The molecule has 0 unspecified atom stereocenters. The van der Waals surface area contributed by atoms with Gasteiger partial charge in [-0.15, -0.1) is 0 Å². The number of carbonyl (C=O) groups is 4. The molecule has 1 aromatic rings. The maximum atomic E-state index is 11.9. The Bertz CT molecular complexity index is 843. The van der Waals surface area contributed by atoms with E-state index in [1.54, 1.807) is 12.1 Å². The van der Waals surface area contributed by atoms with Crippen LogP contribution >= 0.6 is 0 Å². The summed E-state index contributed by atoms with van der Waals surface area (Å²) in [5, 5.41) is 2.65. The van der Waals surface area contributed by atoms with E-state index in [9.17, 15) is 19.2 Å². The van der Waals surface area contributed by atoms with Gasteiger partial charge in [-0.3, -0.25) is 19.2 Å². The number of hydrogen-bond donors (Lipinski definition) is 2. The minimum Gasteiger partial charge on any atom is -0.463 e. The Morgan fingerprint density at radius 3 is 2.09 bits per heavy atom. The molecule has 11 heteroatoms. The van der Waals surface area contributed by atoms with Gasteiger partial charge in [0.25, 0.3) is 0 Å². The summed E-state index contributed by atoms with van der Waals surface area (Å²) in [4.78, 5) is 46.8. The Hall–Kier alpha value is -3.18. The highest BCUT2D eigenvalue weighted by Gasteiger charge is 2.51. The number of esters is 3. The number of rotatable bonds is 9. The molecular weight excluding hydrogens is 436 g/mol. The van der Waals surface area contributed by atoms with E-state index in [-0.39, 0.29) is 13.2 Å². The Morgan fingerprint density at radius 1 is 0.939 bits per heavy atom. The van der Waals surface area contributed by atoms with Gasteiger partial charge in [0.1, 0.15) is 18.8 Å². The minimum absolute atomic E-state index is 0.190. The van der Waals surface area contributed by atoms with Gasteiger partial charge in [0, 0.05) is 33.4 Å². The van der Waals surface area contributed by atoms with Gasteiger partial charge >= 0.3 is 17.9 Å². The van der Waals surface area contributed by atoms with E-state index in [1.807, 2.05) is 12.1 Å². The molecule has 3 N–H and O–H groups in total. The molecule has 1 aliphatic heterocycles. The SMILES string of the molecule is CC(=O)N[C@H]1[C@H](OCCc2ccc(N)cc2)O[C@H](COC(C)=O)[C@@H](OC(C)=O)[C@@H]1OC(C)=O. The number of benzene rings is 1. The monoisotopic (exact) mass is 466 g/mol. The maximum absolute atomic E-state index is 11.9. The van der Waals surface area contributed by atoms with E-state index in [2.05, 4.69) is 5.32 Å². The topological polar surface area (TPSA) is 152 Å². The standard InChI is InChI=1S/C22H30N2O9/c1-12(25)24-19-21(32-15(4)28)20(31-14(3)27)18(11-30-13(2)26)33-22(19)29-10-9-16-5-7-17(23)8-6-16/h5-8,18-22H,9-11,23H2,1-4H3,(H,24,25)/t18-,19-,20-,21-,22-/m1/s1. The summed E-state index contributed by atoms with van der Waals surface area (Å²) >= 11 is 0. The van der Waals surface area contributed by atoms with Crippen LogP contribution in [0, 0.1) is 0 Å². The summed E-state index contributed by atoms with van der Waals surface area (Å²) in [5.74, 6) is -2.35. The number of anilines is 1. The fourth-order valence-electron chi connectivity index (χ4n) is 3.41. The van der Waals surface area contributed by atoms with Gasteiger partial charge < -0.3 is 34.7 Å². The molecule has 0 spiro atoms. The van der Waals surface area contributed by atoms with Crippen molar-refractivity contribution in [1.82, 2.24) is 5.32 Å². The van der Waals surface area contributed by atoms with Crippen LogP contribution in [0.4, 0.5) is 5.69 Å². The van der Waals surface area contributed by atoms with Crippen molar-refractivity contribution in [2.45, 2.75) is 64.8 Å². The summed E-state index contributed by atoms with van der Waals surface area (Å²) in [6.07, 6.45) is -3.88. The van der Waals surface area contributed by atoms with Crippen LogP contribution in [0.15, 0.2) is 24.3 Å². The lowest BCUT2D eigenvalue weighted by molar-refractivity contribution is -0.277. The Kier molecular flexibility index (Phi) is 9.61. The molecule has 1 fully saturated rings. The molecule has 0 aliphatic carbocycles. The molecular formula is C22H30N2O9. The van der Waals surface area contributed by atoms with Crippen molar-refractivity contribution in [1.29, 1.82) is 0 Å². The summed E-state index contributed by atoms with van der Waals surface area (Å²) < 4.78 is 27.6. The van der Waals surface area contributed by atoms with Crippen molar-refractivity contribution >= 4 is 29.5 Å². The summed E-state index contributed by atoms with van der Waals surface area (Å²) in [6.45, 7) is 4.76. The average molecular weight is 466 g/mol. The van der Waals surface area contributed by atoms with Crippen molar-refractivity contribution in [2.24, 2.45) is 0 Å². The zero-order valence-electron chi connectivity index (χ0n) is 19.1. The van der Waals surface area contributed by atoms with Gasteiger partial charge in [0.05, 0.1) is 6.61 Å². The Balaban J connectivity index is 2.27. The lowest BCUT2D eigenvalue weighted by Gasteiger charge is -2.44. The molecule has 11 nitrogen and oxygen atoms in total. The third-order valence-corrected chi connectivity index (χ3v) is 4.72. The molecule has 0 saturated carbocycles. The molecule has 1 saturated heterocycles. The van der Waals surface area contributed by atoms with Crippen molar-refractivity contribution in [2.75, 3.05) is 18.9 Å². The quantitative estimate of drug-likeness (QED) is 0.299. The molecule has 0 aromatic heterocycles. The molecule has 1 aromatic carbocycles. The first-order valence-electron chi connectivity index (χ1n) is 10.4. The zero-order valence-corrected chi connectivity index (χ0v) is 19.1. The number of ether oxygens (including phenoxy) is 5. The fourth-order valence-corrected chi connectivity index (χ4v) is 3.41. The number of amides is 1. The molecule has 1 amide bonds. The van der Waals surface area contributed by atoms with E-state index in [0.29, 0.717) is 12.1 Å². The fraction of sp³-hybridized carbons (Fsp3) is 0.545. The van der Waals surface area contributed by atoms with Crippen LogP contribution < -0.4 is 11.1 Å². The smallest absolute Gasteiger partial charge is 0.303 e. The number of nitrogen functional groups attached to an aromatic ring is 1. The van der Waals surface area contributed by atoms with Gasteiger partial charge in [0.15, 0.2) is 18.5 Å². The van der Waals surface area contributed by atoms with E-state index in [1.165, 1.54) is 27.7 Å².